The zero-order chi connectivity index (χ0) is 75.9. The standard InChI is InChI=1S/C46H65N15O12S2.C22H29FO5/c47-27-22-74-75-23-33(45(73)61-17-5-9-34(61)44(72)56-28(8-4-16-53-46(51)52)39(67)54-21-37(50)65)60-43(71)32(20-36(49)64)59-40(68)29(14-15-35(48)63)55-41(69)31(18-24-6-2-1-3-7-24)58-42(70)30(57-38(27)66)19-25-10-12-26(62)13-11-25;1-12-8-16-15-5-4-13-9-14(25)6-7-19(13,2)21(15,23)17(26)10-20(16,3)22(12,28)18(27)11-24/h1-3,6-7,10-13,27-34,62H,4-5,8-9,14-23,47H2,(H2,48,63)(H2,49,64)(H2,50,65)(H,54,67)(H,55,69)(H,56,72)(H,57,66)(H,58,70)(H,59,68)(H,60,71)(H4,51,52,53);6-7,9,12,15-17,24,26,28H,4-5,8,10-11H2,1-3H3/t27-,28-,29-,30-,31-,32-,33-,34-;12-,15+,16+,17+,19+,20+,21+,22+/m01/s1. The van der Waals surface area contributed by atoms with E-state index in [1.54, 1.807) is 57.2 Å². The van der Waals surface area contributed by atoms with Gasteiger partial charge in [0.2, 0.25) is 65.0 Å². The number of alkyl halides is 1. The number of hydrogen-bond acceptors (Lipinski definition) is 21. The number of carbonyl (C=O) groups is 13. The van der Waals surface area contributed by atoms with Crippen molar-refractivity contribution in [2.75, 3.05) is 37.7 Å². The lowest BCUT2D eigenvalue weighted by Gasteiger charge is -2.62. The first-order chi connectivity index (χ1) is 48.6. The Morgan fingerprint density at radius 2 is 1.37 bits per heavy atom. The molecule has 4 aliphatic carbocycles. The van der Waals surface area contributed by atoms with E-state index in [4.69, 9.17) is 34.1 Å². The molecule has 2 heterocycles. The molecule has 0 bridgehead atoms. The number of guanidine groups is 1. The van der Waals surface area contributed by atoms with E-state index in [0.717, 1.165) is 21.6 Å². The number of nitrogens with two attached hydrogens (primary N) is 5. The molecule has 35 heteroatoms. The number of fused-ring (bicyclic) bond motifs is 5. The molecule has 5 fully saturated rings. The van der Waals surface area contributed by atoms with Crippen LogP contribution in [0.5, 0.6) is 5.75 Å². The number of nitrogens with zero attached hydrogens (tertiary/aromatic N) is 1. The largest absolute Gasteiger partial charge is 0.508 e. The second-order valence-electron chi connectivity index (χ2n) is 27.4. The molecule has 23 N–H and O–H groups in total. The highest BCUT2D eigenvalue weighted by molar-refractivity contribution is 8.76. The lowest BCUT2D eigenvalue weighted by Crippen LogP contribution is -2.69. The first kappa shape index (κ1) is 81.3. The Morgan fingerprint density at radius 1 is 0.767 bits per heavy atom. The predicted octanol–water partition coefficient (Wildman–Crippen LogP) is -3.30. The normalized spacial score (nSPS) is 30.7. The summed E-state index contributed by atoms with van der Waals surface area (Å²) >= 11 is 0. The lowest BCUT2D eigenvalue weighted by atomic mass is 9.44. The number of phenolic OH excluding ortho intramolecular Hbond substituents is 1. The maximum absolute atomic E-state index is 16.9. The average molecular weight is 1480 g/mol. The number of primary amides is 3. The fourth-order valence-corrected chi connectivity index (χ4v) is 17.4. The van der Waals surface area contributed by atoms with Gasteiger partial charge in [0.15, 0.2) is 23.2 Å². The molecule has 562 valence electrons. The molecule has 103 heavy (non-hydrogen) atoms. The van der Waals surface area contributed by atoms with Crippen LogP contribution >= 0.6 is 21.6 Å². The van der Waals surface area contributed by atoms with Gasteiger partial charge in [-0.2, -0.15) is 0 Å². The summed E-state index contributed by atoms with van der Waals surface area (Å²) in [5.74, 6) is -12.8. The maximum Gasteiger partial charge on any atom is 0.246 e. The van der Waals surface area contributed by atoms with Crippen molar-refractivity contribution in [3.63, 3.8) is 0 Å². The molecule has 6 aliphatic rings. The highest BCUT2D eigenvalue weighted by atomic mass is 33.1. The minimum atomic E-state index is -1.98. The molecule has 32 nitrogen and oxygen atoms in total. The zero-order valence-electron chi connectivity index (χ0n) is 57.4. The van der Waals surface area contributed by atoms with Gasteiger partial charge >= 0.3 is 0 Å². The summed E-state index contributed by atoms with van der Waals surface area (Å²) in [5.41, 5.74) is 23.8. The number of likely N-dealkylation sites (tertiary alicyclic amines) is 1. The summed E-state index contributed by atoms with van der Waals surface area (Å²) in [4.78, 5) is 174. The van der Waals surface area contributed by atoms with E-state index < -0.39 is 192 Å². The predicted molar refractivity (Wildman–Crippen MR) is 375 cm³/mol. The Morgan fingerprint density at radius 3 is 1.99 bits per heavy atom. The van der Waals surface area contributed by atoms with Gasteiger partial charge in [-0.15, -0.1) is 0 Å². The third kappa shape index (κ3) is 19.4. The van der Waals surface area contributed by atoms with Crippen LogP contribution in [0.4, 0.5) is 4.39 Å². The summed E-state index contributed by atoms with van der Waals surface area (Å²) in [7, 11) is 1.99. The molecule has 11 amide bonds. The number of rotatable bonds is 21. The van der Waals surface area contributed by atoms with Crippen molar-refractivity contribution < 1.29 is 87.1 Å². The van der Waals surface area contributed by atoms with Gasteiger partial charge in [0.25, 0.3) is 0 Å². The molecule has 2 aromatic carbocycles. The van der Waals surface area contributed by atoms with Crippen LogP contribution < -0.4 is 71.2 Å². The fraction of sp³-hybridized carbons (Fsp3) is 0.559. The van der Waals surface area contributed by atoms with Crippen molar-refractivity contribution in [2.24, 2.45) is 57.3 Å². The van der Waals surface area contributed by atoms with Crippen LogP contribution in [0.2, 0.25) is 0 Å². The Bertz CT molecular complexity index is 3620. The Hall–Kier alpha value is -9.03. The van der Waals surface area contributed by atoms with Crippen molar-refractivity contribution >= 4 is 104 Å². The van der Waals surface area contributed by atoms with Crippen LogP contribution in [0, 0.1) is 34.0 Å². The summed E-state index contributed by atoms with van der Waals surface area (Å²) in [6, 6.07) is 2.79. The number of Topliss-reactive ketones (excluding diaryl/α,β-unsaturated/α-hetero) is 1. The van der Waals surface area contributed by atoms with Crippen LogP contribution in [0.25, 0.3) is 0 Å². The smallest absolute Gasteiger partial charge is 0.246 e. The van der Waals surface area contributed by atoms with Gasteiger partial charge in [-0.3, -0.25) is 67.7 Å². The monoisotopic (exact) mass is 1480 g/mol. The Balaban J connectivity index is 0.000000436. The minimum absolute atomic E-state index is 0.0000609. The topological polar surface area (TPSA) is 556 Å². The maximum atomic E-state index is 16.9. The van der Waals surface area contributed by atoms with Gasteiger partial charge in [0.1, 0.15) is 60.3 Å². The molecule has 2 aliphatic heterocycles. The summed E-state index contributed by atoms with van der Waals surface area (Å²) in [6.45, 7) is 4.10. The lowest BCUT2D eigenvalue weighted by molar-refractivity contribution is -0.219. The molecular formula is C68H94FN15O17S2. The van der Waals surface area contributed by atoms with Crippen LogP contribution in [-0.2, 0) is 75.2 Å². The number of benzene rings is 2. The summed E-state index contributed by atoms with van der Waals surface area (Å²) in [5, 5.41) is 69.6. The molecule has 0 spiro atoms. The number of aromatic hydroxyl groups is 1. The molecule has 0 aromatic heterocycles. The van der Waals surface area contributed by atoms with Crippen molar-refractivity contribution in [2.45, 2.75) is 170 Å². The number of phenols is 1. The molecule has 0 radical (unpaired) electrons. The first-order valence-corrected chi connectivity index (χ1v) is 36.4. The highest BCUT2D eigenvalue weighted by Crippen LogP contribution is 2.70. The molecule has 2 saturated heterocycles. The number of hydrogen-bond donors (Lipinski definition) is 18. The van der Waals surface area contributed by atoms with E-state index in [9.17, 15) is 82.8 Å². The summed E-state index contributed by atoms with van der Waals surface area (Å²) in [6.07, 6.45) is 3.07. The van der Waals surface area contributed by atoms with Crippen LogP contribution in [0.3, 0.4) is 0 Å². The number of halogens is 1. The number of carbonyl (C=O) groups excluding carboxylic acids is 13. The van der Waals surface area contributed by atoms with Crippen LogP contribution in [0.1, 0.15) is 103 Å². The molecule has 16 atom stereocenters. The van der Waals surface area contributed by atoms with E-state index in [2.05, 4.69) is 42.5 Å². The van der Waals surface area contributed by atoms with E-state index in [1.807, 2.05) is 0 Å². The summed E-state index contributed by atoms with van der Waals surface area (Å²) < 4.78 is 16.9. The highest BCUT2D eigenvalue weighted by Gasteiger charge is 2.75. The van der Waals surface area contributed by atoms with Crippen LogP contribution in [-0.4, -0.2) is 211 Å². The van der Waals surface area contributed by atoms with Gasteiger partial charge in [-0.25, -0.2) is 4.39 Å². The van der Waals surface area contributed by atoms with Gasteiger partial charge in [0.05, 0.1) is 25.1 Å². The van der Waals surface area contributed by atoms with Crippen molar-refractivity contribution in [1.82, 2.24) is 47.4 Å². The number of ketones is 2. The van der Waals surface area contributed by atoms with Crippen molar-refractivity contribution in [3.8, 4) is 5.75 Å². The minimum Gasteiger partial charge on any atom is -0.508 e. The quantitative estimate of drug-likeness (QED) is 0.0252. The number of aliphatic hydroxyl groups is 3. The second kappa shape index (κ2) is 35.4. The molecule has 8 rings (SSSR count). The first-order valence-electron chi connectivity index (χ1n) is 33.9. The van der Waals surface area contributed by atoms with E-state index in [0.29, 0.717) is 42.4 Å². The van der Waals surface area contributed by atoms with E-state index in [1.165, 1.54) is 41.3 Å². The molecule has 2 aromatic rings. The van der Waals surface area contributed by atoms with Gasteiger partial charge in [-0.05, 0) is 112 Å². The van der Waals surface area contributed by atoms with Gasteiger partial charge in [0, 0.05) is 60.6 Å². The number of amides is 11. The van der Waals surface area contributed by atoms with Crippen molar-refractivity contribution in [1.29, 1.82) is 5.41 Å². The van der Waals surface area contributed by atoms with Crippen molar-refractivity contribution in [3.05, 3.63) is 89.5 Å². The van der Waals surface area contributed by atoms with E-state index >= 15 is 4.39 Å². The van der Waals surface area contributed by atoms with Gasteiger partial charge in [-0.1, -0.05) is 89.5 Å². The Kier molecular flexibility index (Phi) is 28.0. The average Bonchev–Trinajstić information content (AvgIpc) is 1.61. The fourth-order valence-electron chi connectivity index (χ4n) is 15.1. The van der Waals surface area contributed by atoms with Crippen LogP contribution in [0.15, 0.2) is 78.4 Å². The number of aliphatic hydroxyl groups excluding tert-OH is 2. The number of allylic oxidation sites excluding steroid dienone is 4. The number of nitrogens with one attached hydrogen (secondary N) is 9. The third-order valence-electron chi connectivity index (χ3n) is 20.5. The Labute approximate surface area is 601 Å². The van der Waals surface area contributed by atoms with E-state index in [-0.39, 0.29) is 86.5 Å². The molecular weight excluding hydrogens is 1380 g/mol. The molecule has 0 unspecified atom stereocenters. The SMILES string of the molecule is C[C@@H]1C[C@H]2[C@@H]3CCC4=CC(=O)C=C[C@]4(C)[C@@]3(F)[C@@H](O)C[C@]2(C)[C@@]1(O)C(=O)CO.N=C(N)NCCC[C@H](NC(=O)[C@@H]1CCCN1C(=O)[C@@H]1CSSC[C@H](N)C(=O)N[C@@H](Cc2ccc(O)cc2)C(=O)N[C@@H](Cc2ccccc2)C(=O)N[C@@H](CCC(N)=O)C(=O)N[C@@H](CC(N)=O)C(=O)N1)C(=O)NCC(N)=O. The molecule has 3 saturated carbocycles. The third-order valence-corrected chi connectivity index (χ3v) is 22.9. The van der Waals surface area contributed by atoms with Gasteiger partial charge < -0.3 is 96.5 Å². The second-order valence-corrected chi connectivity index (χ2v) is 29.9. The zero-order valence-corrected chi connectivity index (χ0v) is 59.0.